The maximum Gasteiger partial charge on any atom is 0.319 e. The molecule has 0 aliphatic carbocycles. The SMILES string of the molecule is CCc1c(F)ccc2cc(O)cc(-c3ncc4c(N5CCCC6(C5)NC(O)NC6=O)nc(OC[C@@]56CCCN5C[C@H](F)C6)nc4c3F)c12. The van der Waals surface area contributed by atoms with Gasteiger partial charge in [-0.25, -0.2) is 13.2 Å². The fourth-order valence-electron chi connectivity index (χ4n) is 8.36. The number of anilines is 1. The Balaban J connectivity index is 1.27. The molecule has 0 bridgehead atoms. The minimum Gasteiger partial charge on any atom is -0.508 e. The third-order valence-electron chi connectivity index (χ3n) is 10.5. The molecule has 1 amide bonds. The van der Waals surface area contributed by atoms with Gasteiger partial charge in [0.25, 0.3) is 0 Å². The van der Waals surface area contributed by atoms with Crippen LogP contribution < -0.4 is 20.3 Å². The highest BCUT2D eigenvalue weighted by Gasteiger charge is 2.50. The molecule has 4 atom stereocenters. The van der Waals surface area contributed by atoms with E-state index in [1.807, 2.05) is 4.90 Å². The van der Waals surface area contributed by atoms with Crippen LogP contribution in [0.2, 0.25) is 0 Å². The molecule has 2 aromatic heterocycles. The normalized spacial score (nSPS) is 27.4. The lowest BCUT2D eigenvalue weighted by atomic mass is 9.89. The topological polar surface area (TPSA) is 136 Å². The summed E-state index contributed by atoms with van der Waals surface area (Å²) in [6, 6.07) is 5.60. The highest BCUT2D eigenvalue weighted by atomic mass is 19.1. The van der Waals surface area contributed by atoms with Gasteiger partial charge in [-0.2, -0.15) is 9.97 Å². The number of aliphatic hydroxyl groups is 1. The molecular weight excluding hydrogens is 627 g/mol. The van der Waals surface area contributed by atoms with E-state index in [4.69, 9.17) is 9.72 Å². The number of hydrogen-bond acceptors (Lipinski definition) is 10. The molecule has 4 N–H and O–H groups in total. The van der Waals surface area contributed by atoms with Crippen molar-refractivity contribution >= 4 is 33.4 Å². The molecule has 252 valence electrons. The van der Waals surface area contributed by atoms with Crippen molar-refractivity contribution in [3.8, 4) is 23.0 Å². The van der Waals surface area contributed by atoms with Gasteiger partial charge in [0.1, 0.15) is 46.9 Å². The molecule has 2 aromatic carbocycles. The number of benzene rings is 2. The summed E-state index contributed by atoms with van der Waals surface area (Å²) in [5.74, 6) is -1.46. The Morgan fingerprint density at radius 3 is 2.77 bits per heavy atom. The maximum atomic E-state index is 16.9. The molecule has 8 rings (SSSR count). The first-order chi connectivity index (χ1) is 23.1. The molecular formula is C34H36F3N7O4. The van der Waals surface area contributed by atoms with Gasteiger partial charge in [-0.05, 0) is 73.2 Å². The smallest absolute Gasteiger partial charge is 0.319 e. The molecule has 1 spiro atoms. The quantitative estimate of drug-likeness (QED) is 0.242. The van der Waals surface area contributed by atoms with Crippen LogP contribution in [0.15, 0.2) is 30.5 Å². The number of hydrogen-bond donors (Lipinski definition) is 4. The number of aliphatic hydroxyl groups excluding tert-OH is 1. The first-order valence-electron chi connectivity index (χ1n) is 16.4. The zero-order valence-electron chi connectivity index (χ0n) is 26.4. The summed E-state index contributed by atoms with van der Waals surface area (Å²) in [5.41, 5.74) is -1.26. The summed E-state index contributed by atoms with van der Waals surface area (Å²) in [7, 11) is 0. The predicted molar refractivity (Wildman–Crippen MR) is 171 cm³/mol. The lowest BCUT2D eigenvalue weighted by Gasteiger charge is -2.39. The minimum absolute atomic E-state index is 0.106. The summed E-state index contributed by atoms with van der Waals surface area (Å²) in [6.07, 6.45) is 2.64. The lowest BCUT2D eigenvalue weighted by molar-refractivity contribution is -0.124. The van der Waals surface area contributed by atoms with Crippen LogP contribution in [-0.4, -0.2) is 92.4 Å². The fraction of sp³-hybridized carbons (Fsp3) is 0.471. The van der Waals surface area contributed by atoms with E-state index in [1.165, 1.54) is 30.5 Å². The van der Waals surface area contributed by atoms with Gasteiger partial charge in [-0.15, -0.1) is 0 Å². The van der Waals surface area contributed by atoms with Crippen LogP contribution in [-0.2, 0) is 11.2 Å². The van der Waals surface area contributed by atoms with E-state index in [9.17, 15) is 23.8 Å². The van der Waals surface area contributed by atoms with Crippen LogP contribution >= 0.6 is 0 Å². The number of carbonyl (C=O) groups excluding carboxylic acids is 1. The number of aromatic hydroxyl groups is 1. The number of amides is 1. The van der Waals surface area contributed by atoms with E-state index in [1.54, 1.807) is 6.92 Å². The van der Waals surface area contributed by atoms with Crippen molar-refractivity contribution in [2.75, 3.05) is 37.7 Å². The minimum atomic E-state index is -1.20. The van der Waals surface area contributed by atoms with Crippen LogP contribution in [0.1, 0.15) is 44.6 Å². The summed E-state index contributed by atoms with van der Waals surface area (Å²) < 4.78 is 52.6. The number of alkyl halides is 1. The van der Waals surface area contributed by atoms with E-state index in [0.717, 1.165) is 19.4 Å². The third-order valence-corrected chi connectivity index (χ3v) is 10.5. The molecule has 0 radical (unpaired) electrons. The number of nitrogens with one attached hydrogen (secondary N) is 2. The van der Waals surface area contributed by atoms with E-state index in [-0.39, 0.29) is 53.0 Å². The molecule has 11 nitrogen and oxygen atoms in total. The second-order valence-corrected chi connectivity index (χ2v) is 13.5. The zero-order chi connectivity index (χ0) is 33.4. The average Bonchev–Trinajstić information content (AvgIpc) is 3.68. The van der Waals surface area contributed by atoms with Gasteiger partial charge >= 0.3 is 6.01 Å². The number of nitrogens with zero attached hydrogens (tertiary/aromatic N) is 5. The van der Waals surface area contributed by atoms with E-state index in [0.29, 0.717) is 60.9 Å². The molecule has 48 heavy (non-hydrogen) atoms. The van der Waals surface area contributed by atoms with E-state index < -0.39 is 35.2 Å². The highest BCUT2D eigenvalue weighted by Crippen LogP contribution is 2.42. The first-order valence-corrected chi connectivity index (χ1v) is 16.4. The van der Waals surface area contributed by atoms with Gasteiger partial charge in [0, 0.05) is 37.8 Å². The number of aryl methyl sites for hydroxylation is 1. The molecule has 4 aliphatic heterocycles. The Kier molecular flexibility index (Phi) is 7.38. The molecule has 2 unspecified atom stereocenters. The number of fused-ring (bicyclic) bond motifs is 3. The number of aromatic nitrogens is 3. The Labute approximate surface area is 274 Å². The molecule has 4 fully saturated rings. The number of phenolic OH excluding ortho intramolecular Hbond substituents is 1. The van der Waals surface area contributed by atoms with Gasteiger partial charge in [-0.1, -0.05) is 13.0 Å². The van der Waals surface area contributed by atoms with Crippen LogP contribution in [0, 0.1) is 11.6 Å². The van der Waals surface area contributed by atoms with Crippen molar-refractivity contribution in [2.45, 2.75) is 69.1 Å². The van der Waals surface area contributed by atoms with Gasteiger partial charge in [0.05, 0.1) is 10.9 Å². The van der Waals surface area contributed by atoms with Gasteiger partial charge in [0.2, 0.25) is 5.91 Å². The molecule has 14 heteroatoms. The van der Waals surface area contributed by atoms with Crippen molar-refractivity contribution in [3.63, 3.8) is 0 Å². The fourth-order valence-corrected chi connectivity index (χ4v) is 8.36. The third kappa shape index (κ3) is 4.91. The van der Waals surface area contributed by atoms with E-state index in [2.05, 4.69) is 25.5 Å². The molecule has 4 aromatic rings. The maximum absolute atomic E-state index is 16.9. The van der Waals surface area contributed by atoms with Gasteiger partial charge < -0.3 is 25.2 Å². The highest BCUT2D eigenvalue weighted by molar-refractivity contribution is 6.02. The van der Waals surface area contributed by atoms with Crippen LogP contribution in [0.4, 0.5) is 19.0 Å². The molecule has 4 saturated heterocycles. The molecule has 4 aliphatic rings. The first kappa shape index (κ1) is 31.0. The van der Waals surface area contributed by atoms with Crippen LogP contribution in [0.25, 0.3) is 32.9 Å². The number of carbonyl (C=O) groups is 1. The second-order valence-electron chi connectivity index (χ2n) is 13.5. The summed E-state index contributed by atoms with van der Waals surface area (Å²) >= 11 is 0. The number of phenols is 1. The number of halogens is 3. The summed E-state index contributed by atoms with van der Waals surface area (Å²) in [4.78, 5) is 30.6. The Morgan fingerprint density at radius 1 is 1.15 bits per heavy atom. The van der Waals surface area contributed by atoms with Crippen LogP contribution in [0.5, 0.6) is 11.8 Å². The number of pyridine rings is 1. The van der Waals surface area contributed by atoms with Crippen molar-refractivity contribution in [1.82, 2.24) is 30.5 Å². The zero-order valence-corrected chi connectivity index (χ0v) is 26.4. The van der Waals surface area contributed by atoms with Crippen molar-refractivity contribution in [2.24, 2.45) is 0 Å². The average molecular weight is 664 g/mol. The largest absolute Gasteiger partial charge is 0.508 e. The number of piperidine rings is 1. The van der Waals surface area contributed by atoms with Gasteiger partial charge in [0.15, 0.2) is 12.2 Å². The van der Waals surface area contributed by atoms with E-state index >= 15 is 4.39 Å². The van der Waals surface area contributed by atoms with Crippen molar-refractivity contribution in [1.29, 1.82) is 0 Å². The summed E-state index contributed by atoms with van der Waals surface area (Å²) in [6.45, 7) is 3.63. The van der Waals surface area contributed by atoms with Crippen molar-refractivity contribution < 1.29 is 32.9 Å². The standard InChI is InChI=1S/C34H36F3N7O4/c1-2-21-24(36)6-5-18-11-20(45)12-22(25(18)21)27-26(37)28-23(14-38-27)29(43-9-4-8-34(16-43)30(46)41-31(47)42-34)40-32(39-28)48-17-33-7-3-10-44(33)15-19(35)13-33/h5-6,11-12,14,19,31,42,45,47H,2-4,7-10,13,15-17H2,1H3,(H,41,46)/t19-,31?,33+,34?/m1/s1. The van der Waals surface area contributed by atoms with Gasteiger partial charge in [-0.3, -0.25) is 20.0 Å². The predicted octanol–water partition coefficient (Wildman–Crippen LogP) is 3.68. The second kappa shape index (κ2) is 11.4. The molecule has 6 heterocycles. The Bertz CT molecular complexity index is 1970. The monoisotopic (exact) mass is 663 g/mol. The van der Waals surface area contributed by atoms with Crippen LogP contribution in [0.3, 0.4) is 0 Å². The number of rotatable bonds is 6. The number of ether oxygens (including phenoxy) is 1. The summed E-state index contributed by atoms with van der Waals surface area (Å²) in [5, 5.41) is 27.4. The Morgan fingerprint density at radius 2 is 1.98 bits per heavy atom. The molecule has 0 saturated carbocycles. The Hall–Kier alpha value is -4.27. The van der Waals surface area contributed by atoms with Crippen molar-refractivity contribution in [3.05, 3.63) is 47.7 Å². The lowest BCUT2D eigenvalue weighted by Crippen LogP contribution is -2.59.